The smallest absolute Gasteiger partial charge is 0.266 e. The number of fused-ring (bicyclic) bond motifs is 1. The van der Waals surface area contributed by atoms with Crippen LogP contribution in [0, 0.1) is 19.7 Å². The number of aromatic nitrogens is 3. The SMILES string of the molecule is CCCn1c(C)cc(C(=O)CSc2nc3ccccc3c(=O)n2-c2ccc(F)cc2)c1C. The van der Waals surface area contributed by atoms with E-state index in [-0.39, 0.29) is 22.9 Å². The van der Waals surface area contributed by atoms with Crippen LogP contribution < -0.4 is 5.56 Å². The molecule has 0 bridgehead atoms. The van der Waals surface area contributed by atoms with Crippen LogP contribution in [-0.4, -0.2) is 25.7 Å². The van der Waals surface area contributed by atoms with E-state index in [4.69, 9.17) is 0 Å². The Kier molecular flexibility index (Phi) is 6.28. The van der Waals surface area contributed by atoms with Crippen LogP contribution >= 0.6 is 11.8 Å². The third-order valence-electron chi connectivity index (χ3n) is 5.48. The molecule has 0 N–H and O–H groups in total. The van der Waals surface area contributed by atoms with Crippen LogP contribution in [0.2, 0.25) is 0 Å². The zero-order chi connectivity index (χ0) is 22.8. The molecule has 0 saturated heterocycles. The van der Waals surface area contributed by atoms with Gasteiger partial charge >= 0.3 is 0 Å². The maximum absolute atomic E-state index is 13.5. The molecule has 4 aromatic rings. The van der Waals surface area contributed by atoms with Crippen molar-refractivity contribution < 1.29 is 9.18 Å². The number of benzene rings is 2. The normalized spacial score (nSPS) is 11.2. The third kappa shape index (κ3) is 4.12. The first kappa shape index (κ1) is 22.0. The number of carbonyl (C=O) groups excluding carboxylic acids is 1. The fourth-order valence-corrected chi connectivity index (χ4v) is 4.78. The first-order valence-electron chi connectivity index (χ1n) is 10.5. The van der Waals surface area contributed by atoms with Crippen molar-refractivity contribution in [1.29, 1.82) is 0 Å². The molecule has 0 atom stereocenters. The predicted octanol–water partition coefficient (Wildman–Crippen LogP) is 5.33. The van der Waals surface area contributed by atoms with Crippen LogP contribution in [0.15, 0.2) is 64.5 Å². The van der Waals surface area contributed by atoms with Gasteiger partial charge in [0.25, 0.3) is 5.56 Å². The molecule has 0 aliphatic carbocycles. The molecule has 2 aromatic carbocycles. The summed E-state index contributed by atoms with van der Waals surface area (Å²) in [6.45, 7) is 6.94. The van der Waals surface area contributed by atoms with Gasteiger partial charge in [-0.15, -0.1) is 0 Å². The molecular formula is C25H24FN3O2S. The zero-order valence-electron chi connectivity index (χ0n) is 18.3. The Morgan fingerprint density at radius 3 is 2.53 bits per heavy atom. The fraction of sp³-hybridized carbons (Fsp3) is 0.240. The Balaban J connectivity index is 1.72. The van der Waals surface area contributed by atoms with Crippen molar-refractivity contribution >= 4 is 28.4 Å². The molecule has 7 heteroatoms. The molecule has 0 unspecified atom stereocenters. The Morgan fingerprint density at radius 2 is 1.81 bits per heavy atom. The predicted molar refractivity (Wildman–Crippen MR) is 127 cm³/mol. The average molecular weight is 450 g/mol. The Labute approximate surface area is 189 Å². The van der Waals surface area contributed by atoms with Crippen molar-refractivity contribution in [2.45, 2.75) is 38.9 Å². The first-order chi connectivity index (χ1) is 15.4. The van der Waals surface area contributed by atoms with E-state index in [2.05, 4.69) is 16.5 Å². The summed E-state index contributed by atoms with van der Waals surface area (Å²) < 4.78 is 17.1. The van der Waals surface area contributed by atoms with Gasteiger partial charge in [0.05, 0.1) is 22.3 Å². The van der Waals surface area contributed by atoms with Crippen LogP contribution in [0.5, 0.6) is 0 Å². The van der Waals surface area contributed by atoms with Gasteiger partial charge in [0, 0.05) is 23.5 Å². The molecule has 2 heterocycles. The topological polar surface area (TPSA) is 56.9 Å². The third-order valence-corrected chi connectivity index (χ3v) is 6.42. The molecule has 2 aromatic heterocycles. The first-order valence-corrected chi connectivity index (χ1v) is 11.5. The molecule has 4 rings (SSSR count). The van der Waals surface area contributed by atoms with E-state index in [9.17, 15) is 14.0 Å². The standard InChI is InChI=1S/C25H24FN3O2S/c1-4-13-28-16(2)14-21(17(28)3)23(30)15-32-25-27-22-8-6-5-7-20(22)24(31)29(25)19-11-9-18(26)10-12-19/h5-12,14H,4,13,15H2,1-3H3. The number of carbonyl (C=O) groups is 1. The second-order valence-corrected chi connectivity index (χ2v) is 8.62. The number of Topliss-reactive ketones (excluding diaryl/α,β-unsaturated/α-hetero) is 1. The highest BCUT2D eigenvalue weighted by molar-refractivity contribution is 7.99. The quantitative estimate of drug-likeness (QED) is 0.217. The van der Waals surface area contributed by atoms with Crippen LogP contribution in [-0.2, 0) is 6.54 Å². The molecule has 0 spiro atoms. The summed E-state index contributed by atoms with van der Waals surface area (Å²) in [5, 5.41) is 0.867. The van der Waals surface area contributed by atoms with E-state index in [1.54, 1.807) is 18.2 Å². The van der Waals surface area contributed by atoms with Gasteiger partial charge in [0.1, 0.15) is 5.82 Å². The molecule has 0 radical (unpaired) electrons. The van der Waals surface area contributed by atoms with Gasteiger partial charge in [-0.25, -0.2) is 9.37 Å². The number of ketones is 1. The van der Waals surface area contributed by atoms with Crippen molar-refractivity contribution in [1.82, 2.24) is 14.1 Å². The van der Waals surface area contributed by atoms with Crippen LogP contribution in [0.4, 0.5) is 4.39 Å². The number of nitrogens with zero attached hydrogens (tertiary/aromatic N) is 3. The number of para-hydroxylation sites is 1. The number of hydrogen-bond acceptors (Lipinski definition) is 4. The lowest BCUT2D eigenvalue weighted by molar-refractivity contribution is 0.102. The van der Waals surface area contributed by atoms with Crippen molar-refractivity contribution in [3.8, 4) is 5.69 Å². The van der Waals surface area contributed by atoms with Crippen molar-refractivity contribution in [2.75, 3.05) is 5.75 Å². The maximum Gasteiger partial charge on any atom is 0.266 e. The number of thioether (sulfide) groups is 1. The number of hydrogen-bond donors (Lipinski definition) is 0. The van der Waals surface area contributed by atoms with E-state index < -0.39 is 0 Å². The van der Waals surface area contributed by atoms with E-state index in [0.29, 0.717) is 27.3 Å². The van der Waals surface area contributed by atoms with Gasteiger partial charge in [-0.3, -0.25) is 14.2 Å². The minimum absolute atomic E-state index is 0.0153. The van der Waals surface area contributed by atoms with Gasteiger partial charge < -0.3 is 4.57 Å². The van der Waals surface area contributed by atoms with Crippen LogP contribution in [0.1, 0.15) is 35.1 Å². The Bertz CT molecular complexity index is 1360. The van der Waals surface area contributed by atoms with Gasteiger partial charge in [-0.1, -0.05) is 30.8 Å². The summed E-state index contributed by atoms with van der Waals surface area (Å²) in [5.74, 6) is -0.261. The summed E-state index contributed by atoms with van der Waals surface area (Å²) in [6.07, 6.45) is 0.990. The second kappa shape index (κ2) is 9.12. The Morgan fingerprint density at radius 1 is 1.09 bits per heavy atom. The fourth-order valence-electron chi connectivity index (χ4n) is 3.89. The molecule has 32 heavy (non-hydrogen) atoms. The molecule has 164 valence electrons. The van der Waals surface area contributed by atoms with E-state index in [1.807, 2.05) is 26.0 Å². The number of rotatable bonds is 7. The summed E-state index contributed by atoms with van der Waals surface area (Å²) >= 11 is 1.21. The summed E-state index contributed by atoms with van der Waals surface area (Å²) in [6, 6.07) is 14.7. The van der Waals surface area contributed by atoms with E-state index in [1.165, 1.54) is 40.6 Å². The van der Waals surface area contributed by atoms with Crippen LogP contribution in [0.3, 0.4) is 0 Å². The molecule has 5 nitrogen and oxygen atoms in total. The lowest BCUT2D eigenvalue weighted by Crippen LogP contribution is -2.22. The largest absolute Gasteiger partial charge is 0.348 e. The number of halogens is 1. The molecular weight excluding hydrogens is 425 g/mol. The molecule has 0 saturated carbocycles. The lowest BCUT2D eigenvalue weighted by Gasteiger charge is -2.13. The van der Waals surface area contributed by atoms with Gasteiger partial charge in [0.15, 0.2) is 10.9 Å². The van der Waals surface area contributed by atoms with E-state index >= 15 is 0 Å². The zero-order valence-corrected chi connectivity index (χ0v) is 19.1. The molecule has 0 aliphatic heterocycles. The molecule has 0 fully saturated rings. The van der Waals surface area contributed by atoms with Gasteiger partial charge in [-0.05, 0) is 62.7 Å². The lowest BCUT2D eigenvalue weighted by atomic mass is 10.2. The molecule has 0 amide bonds. The van der Waals surface area contributed by atoms with Crippen LogP contribution in [0.25, 0.3) is 16.6 Å². The average Bonchev–Trinajstić information content (AvgIpc) is 3.07. The highest BCUT2D eigenvalue weighted by atomic mass is 32.2. The van der Waals surface area contributed by atoms with Crippen molar-refractivity contribution in [3.63, 3.8) is 0 Å². The summed E-state index contributed by atoms with van der Waals surface area (Å²) in [5.41, 5.74) is 3.53. The van der Waals surface area contributed by atoms with Gasteiger partial charge in [0.2, 0.25) is 0 Å². The number of aryl methyl sites for hydroxylation is 1. The Hall–Kier alpha value is -3.19. The summed E-state index contributed by atoms with van der Waals surface area (Å²) in [7, 11) is 0. The summed E-state index contributed by atoms with van der Waals surface area (Å²) in [4.78, 5) is 31.0. The van der Waals surface area contributed by atoms with Crippen molar-refractivity contribution in [3.05, 3.63) is 87.7 Å². The minimum atomic E-state index is -0.387. The van der Waals surface area contributed by atoms with E-state index in [0.717, 1.165) is 24.4 Å². The minimum Gasteiger partial charge on any atom is -0.348 e. The second-order valence-electron chi connectivity index (χ2n) is 7.68. The highest BCUT2D eigenvalue weighted by Crippen LogP contribution is 2.24. The van der Waals surface area contributed by atoms with Crippen molar-refractivity contribution in [2.24, 2.45) is 0 Å². The monoisotopic (exact) mass is 449 g/mol. The maximum atomic E-state index is 13.5. The highest BCUT2D eigenvalue weighted by Gasteiger charge is 2.19. The van der Waals surface area contributed by atoms with Gasteiger partial charge in [-0.2, -0.15) is 0 Å². The molecule has 0 aliphatic rings.